The summed E-state index contributed by atoms with van der Waals surface area (Å²) in [5.41, 5.74) is 2.74. The van der Waals surface area contributed by atoms with E-state index in [0.717, 1.165) is 6.42 Å². The Bertz CT molecular complexity index is 454. The molecule has 2 heteroatoms. The number of rotatable bonds is 3. The van der Waals surface area contributed by atoms with Gasteiger partial charge in [-0.15, -0.1) is 0 Å². The van der Waals surface area contributed by atoms with Crippen molar-refractivity contribution in [2.24, 2.45) is 0 Å². The molecule has 1 aromatic heterocycles. The highest BCUT2D eigenvalue weighted by Gasteiger charge is 2.15. The molecule has 0 amide bonds. The van der Waals surface area contributed by atoms with Gasteiger partial charge >= 0.3 is 0 Å². The van der Waals surface area contributed by atoms with Gasteiger partial charge in [-0.25, -0.2) is 0 Å². The van der Waals surface area contributed by atoms with Crippen LogP contribution in [0.1, 0.15) is 19.4 Å². The van der Waals surface area contributed by atoms with Crippen LogP contribution in [-0.4, -0.2) is 17.6 Å². The third kappa shape index (κ3) is 2.21. The summed E-state index contributed by atoms with van der Waals surface area (Å²) in [6.45, 7) is 4.43. The zero-order valence-electron chi connectivity index (χ0n) is 9.59. The molecular weight excluding hydrogens is 184 g/mol. The van der Waals surface area contributed by atoms with E-state index in [1.165, 1.54) is 16.5 Å². The van der Waals surface area contributed by atoms with E-state index in [4.69, 9.17) is 0 Å². The van der Waals surface area contributed by atoms with Crippen LogP contribution in [0.5, 0.6) is 0 Å². The maximum atomic E-state index is 3.32. The Morgan fingerprint density at radius 2 is 2.07 bits per heavy atom. The number of likely N-dealkylation sites (N-methyl/N-ethyl adjacent to an activating group) is 1. The maximum Gasteiger partial charge on any atom is 0.0454 e. The molecule has 1 aromatic carbocycles. The molecule has 2 rings (SSSR count). The van der Waals surface area contributed by atoms with Gasteiger partial charge < -0.3 is 10.3 Å². The number of benzene rings is 1. The molecule has 80 valence electrons. The zero-order valence-corrected chi connectivity index (χ0v) is 9.59. The normalized spacial score (nSPS) is 12.2. The summed E-state index contributed by atoms with van der Waals surface area (Å²) in [5.74, 6) is 0. The molecule has 0 atom stereocenters. The Balaban J connectivity index is 2.28. The quantitative estimate of drug-likeness (QED) is 0.787. The van der Waals surface area contributed by atoms with Crippen molar-refractivity contribution in [1.82, 2.24) is 10.3 Å². The van der Waals surface area contributed by atoms with E-state index in [9.17, 15) is 0 Å². The topological polar surface area (TPSA) is 27.8 Å². The summed E-state index contributed by atoms with van der Waals surface area (Å²) in [7, 11) is 2.01. The second-order valence-electron chi connectivity index (χ2n) is 4.71. The number of hydrogen-bond donors (Lipinski definition) is 2. The fraction of sp³-hybridized carbons (Fsp3) is 0.385. The highest BCUT2D eigenvalue weighted by atomic mass is 14.9. The van der Waals surface area contributed by atoms with Crippen molar-refractivity contribution < 1.29 is 0 Å². The zero-order chi connectivity index (χ0) is 10.9. The largest absolute Gasteiger partial charge is 0.361 e. The Labute approximate surface area is 90.7 Å². The van der Waals surface area contributed by atoms with Gasteiger partial charge in [-0.05, 0) is 56.5 Å². The summed E-state index contributed by atoms with van der Waals surface area (Å²) >= 11 is 0. The van der Waals surface area contributed by atoms with Gasteiger partial charge in [0.1, 0.15) is 0 Å². The van der Waals surface area contributed by atoms with Gasteiger partial charge in [-0.1, -0.05) is 6.07 Å². The van der Waals surface area contributed by atoms with Crippen molar-refractivity contribution in [3.63, 3.8) is 0 Å². The summed E-state index contributed by atoms with van der Waals surface area (Å²) in [6, 6.07) is 8.71. The Hall–Kier alpha value is -1.28. The fourth-order valence-corrected chi connectivity index (χ4v) is 1.81. The van der Waals surface area contributed by atoms with Crippen molar-refractivity contribution in [3.05, 3.63) is 36.0 Å². The monoisotopic (exact) mass is 202 g/mol. The molecule has 0 aliphatic rings. The lowest BCUT2D eigenvalue weighted by Gasteiger charge is -2.24. The van der Waals surface area contributed by atoms with E-state index in [1.54, 1.807) is 0 Å². The van der Waals surface area contributed by atoms with E-state index in [2.05, 4.69) is 48.4 Å². The molecule has 0 aliphatic heterocycles. The molecule has 0 saturated heterocycles. The molecule has 0 bridgehead atoms. The Kier molecular flexibility index (Phi) is 2.53. The Morgan fingerprint density at radius 3 is 2.80 bits per heavy atom. The molecular formula is C13H18N2. The molecule has 2 aromatic rings. The molecule has 0 saturated carbocycles. The van der Waals surface area contributed by atoms with Crippen LogP contribution in [0.15, 0.2) is 30.5 Å². The minimum Gasteiger partial charge on any atom is -0.361 e. The van der Waals surface area contributed by atoms with E-state index < -0.39 is 0 Å². The van der Waals surface area contributed by atoms with Crippen LogP contribution in [0.4, 0.5) is 0 Å². The molecule has 2 nitrogen and oxygen atoms in total. The van der Waals surface area contributed by atoms with E-state index >= 15 is 0 Å². The van der Waals surface area contributed by atoms with Crippen LogP contribution < -0.4 is 5.32 Å². The van der Waals surface area contributed by atoms with Crippen molar-refractivity contribution in [2.75, 3.05) is 7.05 Å². The molecule has 0 aliphatic carbocycles. The van der Waals surface area contributed by atoms with Crippen molar-refractivity contribution in [1.29, 1.82) is 0 Å². The minimum absolute atomic E-state index is 0.157. The maximum absolute atomic E-state index is 3.32. The smallest absolute Gasteiger partial charge is 0.0454 e. The van der Waals surface area contributed by atoms with Gasteiger partial charge in [0.25, 0.3) is 0 Å². The first-order chi connectivity index (χ1) is 7.11. The van der Waals surface area contributed by atoms with Gasteiger partial charge in [0.05, 0.1) is 0 Å². The van der Waals surface area contributed by atoms with Gasteiger partial charge in [-0.2, -0.15) is 0 Å². The fourth-order valence-electron chi connectivity index (χ4n) is 1.81. The number of hydrogen-bond acceptors (Lipinski definition) is 1. The van der Waals surface area contributed by atoms with E-state index in [-0.39, 0.29) is 5.54 Å². The average molecular weight is 202 g/mol. The molecule has 15 heavy (non-hydrogen) atoms. The third-order valence-electron chi connectivity index (χ3n) is 2.94. The van der Waals surface area contributed by atoms with Gasteiger partial charge in [0.15, 0.2) is 0 Å². The second-order valence-corrected chi connectivity index (χ2v) is 4.71. The first-order valence-corrected chi connectivity index (χ1v) is 5.36. The van der Waals surface area contributed by atoms with E-state index in [1.807, 2.05) is 13.2 Å². The number of aromatic amines is 1. The van der Waals surface area contributed by atoms with Crippen molar-refractivity contribution in [3.8, 4) is 0 Å². The van der Waals surface area contributed by atoms with E-state index in [0.29, 0.717) is 0 Å². The first kappa shape index (κ1) is 10.2. The van der Waals surface area contributed by atoms with Gasteiger partial charge in [0.2, 0.25) is 0 Å². The number of fused-ring (bicyclic) bond motifs is 1. The summed E-state index contributed by atoms with van der Waals surface area (Å²) in [6.07, 6.45) is 3.03. The van der Waals surface area contributed by atoms with Crippen LogP contribution >= 0.6 is 0 Å². The Morgan fingerprint density at radius 1 is 1.27 bits per heavy atom. The summed E-state index contributed by atoms with van der Waals surface area (Å²) in [4.78, 5) is 3.21. The lowest BCUT2D eigenvalue weighted by Crippen LogP contribution is -2.38. The standard InChI is InChI=1S/C13H18N2/c1-13(2,14-3)9-10-4-5-12-11(8-10)6-7-15-12/h4-8,14-15H,9H2,1-3H3. The third-order valence-corrected chi connectivity index (χ3v) is 2.94. The summed E-state index contributed by atoms with van der Waals surface area (Å²) < 4.78 is 0. The second kappa shape index (κ2) is 3.70. The predicted molar refractivity (Wildman–Crippen MR) is 65.1 cm³/mol. The van der Waals surface area contributed by atoms with Gasteiger partial charge in [-0.3, -0.25) is 0 Å². The van der Waals surface area contributed by atoms with Crippen LogP contribution in [0, 0.1) is 0 Å². The summed E-state index contributed by atoms with van der Waals surface area (Å²) in [5, 5.41) is 4.61. The minimum atomic E-state index is 0.157. The van der Waals surface area contributed by atoms with Crippen LogP contribution in [0.25, 0.3) is 10.9 Å². The molecule has 0 unspecified atom stereocenters. The predicted octanol–water partition coefficient (Wildman–Crippen LogP) is 2.71. The van der Waals surface area contributed by atoms with Gasteiger partial charge in [0, 0.05) is 17.3 Å². The lowest BCUT2D eigenvalue weighted by molar-refractivity contribution is 0.422. The number of H-pyrrole nitrogens is 1. The molecule has 2 N–H and O–H groups in total. The highest BCUT2D eigenvalue weighted by Crippen LogP contribution is 2.18. The van der Waals surface area contributed by atoms with Crippen molar-refractivity contribution in [2.45, 2.75) is 25.8 Å². The lowest BCUT2D eigenvalue weighted by atomic mass is 9.95. The molecule has 1 heterocycles. The van der Waals surface area contributed by atoms with Crippen LogP contribution in [-0.2, 0) is 6.42 Å². The SMILES string of the molecule is CNC(C)(C)Cc1ccc2[nH]ccc2c1. The molecule has 0 radical (unpaired) electrons. The number of aromatic nitrogens is 1. The highest BCUT2D eigenvalue weighted by molar-refractivity contribution is 5.79. The first-order valence-electron chi connectivity index (χ1n) is 5.36. The average Bonchev–Trinajstić information content (AvgIpc) is 2.64. The van der Waals surface area contributed by atoms with Crippen molar-refractivity contribution >= 4 is 10.9 Å². The number of nitrogens with one attached hydrogen (secondary N) is 2. The molecule has 0 spiro atoms. The van der Waals surface area contributed by atoms with Crippen LogP contribution in [0.2, 0.25) is 0 Å². The van der Waals surface area contributed by atoms with Crippen LogP contribution in [0.3, 0.4) is 0 Å². The molecule has 0 fully saturated rings.